The highest BCUT2D eigenvalue weighted by Gasteiger charge is 2.14. The molecule has 1 amide bonds. The van der Waals surface area contributed by atoms with Crippen LogP contribution in [0.15, 0.2) is 22.7 Å². The molecule has 1 aromatic carbocycles. The Labute approximate surface area is 95.2 Å². The maximum absolute atomic E-state index is 10.8. The van der Waals surface area contributed by atoms with Gasteiger partial charge >= 0.3 is 0 Å². The lowest BCUT2D eigenvalue weighted by molar-refractivity contribution is 0.0987. The van der Waals surface area contributed by atoms with Crippen LogP contribution in [0, 0.1) is 0 Å². The smallest absolute Gasteiger partial charge is 0.290 e. The summed E-state index contributed by atoms with van der Waals surface area (Å²) in [5.74, 6) is -0.824. The minimum absolute atomic E-state index is 0.128. The highest BCUT2D eigenvalue weighted by Crippen LogP contribution is 2.26. The number of halogens is 1. The fourth-order valence-corrected chi connectivity index (χ4v) is 1.34. The van der Waals surface area contributed by atoms with E-state index in [1.54, 1.807) is 18.2 Å². The number of carbonyl (C=O) groups is 1. The van der Waals surface area contributed by atoms with Gasteiger partial charge in [0, 0.05) is 10.7 Å². The van der Waals surface area contributed by atoms with Crippen LogP contribution in [0.5, 0.6) is 0 Å². The van der Waals surface area contributed by atoms with Gasteiger partial charge < -0.3 is 16.0 Å². The summed E-state index contributed by atoms with van der Waals surface area (Å²) in [5, 5.41) is 3.90. The molecule has 0 bridgehead atoms. The van der Waals surface area contributed by atoms with E-state index in [4.69, 9.17) is 27.6 Å². The molecule has 6 nitrogen and oxygen atoms in total. The second kappa shape index (κ2) is 3.82. The largest absolute Gasteiger partial charge is 0.398 e. The zero-order valence-electron chi connectivity index (χ0n) is 7.98. The molecule has 0 saturated heterocycles. The van der Waals surface area contributed by atoms with Gasteiger partial charge in [0.1, 0.15) is 0 Å². The van der Waals surface area contributed by atoms with E-state index in [9.17, 15) is 4.79 Å². The number of carbonyl (C=O) groups excluding carboxylic acids is 1. The zero-order chi connectivity index (χ0) is 11.7. The van der Waals surface area contributed by atoms with Gasteiger partial charge in [-0.3, -0.25) is 4.79 Å². The third-order valence-corrected chi connectivity index (χ3v) is 2.13. The number of rotatable bonds is 2. The lowest BCUT2D eigenvalue weighted by Crippen LogP contribution is -2.12. The van der Waals surface area contributed by atoms with Crippen molar-refractivity contribution in [1.29, 1.82) is 0 Å². The molecule has 0 fully saturated rings. The molecule has 2 rings (SSSR count). The zero-order valence-corrected chi connectivity index (χ0v) is 8.73. The van der Waals surface area contributed by atoms with E-state index in [0.717, 1.165) is 0 Å². The number of nitrogen functional groups attached to an aromatic ring is 1. The standard InChI is InChI=1S/C9H7ClN4O2/c10-4-1-2-5(6(11)3-4)9-13-8(7(12)15)14-16-9/h1-3H,11H2,(H2,12,15). The predicted molar refractivity (Wildman–Crippen MR) is 57.7 cm³/mol. The molecule has 0 radical (unpaired) electrons. The summed E-state index contributed by atoms with van der Waals surface area (Å²) in [7, 11) is 0. The molecule has 7 heteroatoms. The molecule has 82 valence electrons. The number of amides is 1. The van der Waals surface area contributed by atoms with Crippen molar-refractivity contribution in [2.75, 3.05) is 5.73 Å². The minimum Gasteiger partial charge on any atom is -0.398 e. The van der Waals surface area contributed by atoms with Gasteiger partial charge in [0.15, 0.2) is 0 Å². The van der Waals surface area contributed by atoms with E-state index in [0.29, 0.717) is 16.3 Å². The van der Waals surface area contributed by atoms with Gasteiger partial charge in [-0.15, -0.1) is 0 Å². The molecule has 1 aromatic heterocycles. The van der Waals surface area contributed by atoms with E-state index in [-0.39, 0.29) is 11.7 Å². The Morgan fingerprint density at radius 3 is 2.75 bits per heavy atom. The van der Waals surface area contributed by atoms with Gasteiger partial charge in [0.25, 0.3) is 17.6 Å². The number of nitrogens with zero attached hydrogens (tertiary/aromatic N) is 2. The average Bonchev–Trinajstić information content (AvgIpc) is 2.66. The third kappa shape index (κ3) is 1.82. The van der Waals surface area contributed by atoms with Crippen LogP contribution in [-0.4, -0.2) is 16.0 Å². The number of nitrogens with two attached hydrogens (primary N) is 2. The number of aromatic nitrogens is 2. The SMILES string of the molecule is NC(=O)c1noc(-c2ccc(Cl)cc2N)n1. The number of benzene rings is 1. The second-order valence-corrected chi connectivity index (χ2v) is 3.46. The molecule has 0 atom stereocenters. The average molecular weight is 239 g/mol. The van der Waals surface area contributed by atoms with Crippen LogP contribution in [0.1, 0.15) is 10.6 Å². The molecule has 2 aromatic rings. The molecular formula is C9H7ClN4O2. The summed E-state index contributed by atoms with van der Waals surface area (Å²) in [4.78, 5) is 14.6. The fourth-order valence-electron chi connectivity index (χ4n) is 1.16. The van der Waals surface area contributed by atoms with Gasteiger partial charge in [0.05, 0.1) is 5.56 Å². The van der Waals surface area contributed by atoms with Crippen molar-refractivity contribution in [3.63, 3.8) is 0 Å². The number of hydrogen-bond acceptors (Lipinski definition) is 5. The van der Waals surface area contributed by atoms with E-state index in [1.807, 2.05) is 0 Å². The van der Waals surface area contributed by atoms with Crippen LogP contribution in [-0.2, 0) is 0 Å². The van der Waals surface area contributed by atoms with Crippen LogP contribution >= 0.6 is 11.6 Å². The summed E-state index contributed by atoms with van der Waals surface area (Å²) in [6, 6.07) is 4.79. The van der Waals surface area contributed by atoms with E-state index in [2.05, 4.69) is 10.1 Å². The Balaban J connectivity index is 2.46. The van der Waals surface area contributed by atoms with Crippen molar-refractivity contribution in [3.8, 4) is 11.5 Å². The normalized spacial score (nSPS) is 10.3. The Kier molecular flexibility index (Phi) is 2.49. The van der Waals surface area contributed by atoms with Crippen LogP contribution in [0.25, 0.3) is 11.5 Å². The van der Waals surface area contributed by atoms with Crippen molar-refractivity contribution in [1.82, 2.24) is 10.1 Å². The molecule has 0 unspecified atom stereocenters. The summed E-state index contributed by atoms with van der Waals surface area (Å²) in [6.45, 7) is 0. The first kappa shape index (κ1) is 10.4. The maximum Gasteiger partial charge on any atom is 0.290 e. The van der Waals surface area contributed by atoms with E-state index in [1.165, 1.54) is 0 Å². The molecule has 0 aliphatic carbocycles. The fraction of sp³-hybridized carbons (Fsp3) is 0. The molecule has 4 N–H and O–H groups in total. The first-order valence-electron chi connectivity index (χ1n) is 4.27. The second-order valence-electron chi connectivity index (χ2n) is 3.02. The Hall–Kier alpha value is -2.08. The highest BCUT2D eigenvalue weighted by molar-refractivity contribution is 6.31. The van der Waals surface area contributed by atoms with Crippen LogP contribution < -0.4 is 11.5 Å². The Morgan fingerprint density at radius 1 is 1.44 bits per heavy atom. The first-order chi connectivity index (χ1) is 7.58. The van der Waals surface area contributed by atoms with E-state index >= 15 is 0 Å². The van der Waals surface area contributed by atoms with Crippen molar-refractivity contribution >= 4 is 23.2 Å². The molecular weight excluding hydrogens is 232 g/mol. The summed E-state index contributed by atoms with van der Waals surface area (Å²) >= 11 is 5.74. The van der Waals surface area contributed by atoms with E-state index < -0.39 is 5.91 Å². The monoisotopic (exact) mass is 238 g/mol. The molecule has 16 heavy (non-hydrogen) atoms. The van der Waals surface area contributed by atoms with Gasteiger partial charge in [0.2, 0.25) is 0 Å². The lowest BCUT2D eigenvalue weighted by Gasteiger charge is -1.99. The number of anilines is 1. The third-order valence-electron chi connectivity index (χ3n) is 1.89. The van der Waals surface area contributed by atoms with Crippen molar-refractivity contribution in [2.24, 2.45) is 5.73 Å². The molecule has 0 spiro atoms. The maximum atomic E-state index is 10.8. The van der Waals surface area contributed by atoms with Gasteiger partial charge in [-0.1, -0.05) is 16.8 Å². The number of primary amides is 1. The van der Waals surface area contributed by atoms with Crippen LogP contribution in [0.2, 0.25) is 5.02 Å². The predicted octanol–water partition coefficient (Wildman–Crippen LogP) is 1.07. The van der Waals surface area contributed by atoms with Crippen molar-refractivity contribution in [2.45, 2.75) is 0 Å². The summed E-state index contributed by atoms with van der Waals surface area (Å²) in [6.07, 6.45) is 0. The Morgan fingerprint density at radius 2 is 2.19 bits per heavy atom. The molecule has 0 aliphatic heterocycles. The van der Waals surface area contributed by atoms with Crippen molar-refractivity contribution < 1.29 is 9.32 Å². The molecule has 0 aliphatic rings. The summed E-state index contributed by atoms with van der Waals surface area (Å²) < 4.78 is 4.85. The molecule has 1 heterocycles. The molecule has 0 saturated carbocycles. The van der Waals surface area contributed by atoms with Crippen LogP contribution in [0.4, 0.5) is 5.69 Å². The topological polar surface area (TPSA) is 108 Å². The van der Waals surface area contributed by atoms with Gasteiger partial charge in [-0.05, 0) is 18.2 Å². The minimum atomic E-state index is -0.762. The first-order valence-corrected chi connectivity index (χ1v) is 4.64. The van der Waals surface area contributed by atoms with Gasteiger partial charge in [-0.25, -0.2) is 0 Å². The quantitative estimate of drug-likeness (QED) is 0.761. The van der Waals surface area contributed by atoms with Crippen LogP contribution in [0.3, 0.4) is 0 Å². The van der Waals surface area contributed by atoms with Crippen molar-refractivity contribution in [3.05, 3.63) is 29.0 Å². The lowest BCUT2D eigenvalue weighted by atomic mass is 10.2. The Bertz CT molecular complexity index is 552. The number of hydrogen-bond donors (Lipinski definition) is 2. The van der Waals surface area contributed by atoms with Gasteiger partial charge in [-0.2, -0.15) is 4.98 Å². The highest BCUT2D eigenvalue weighted by atomic mass is 35.5. The summed E-state index contributed by atoms with van der Waals surface area (Å²) in [5.41, 5.74) is 11.6.